The smallest absolute Gasteiger partial charge is 0.254 e. The van der Waals surface area contributed by atoms with Crippen LogP contribution in [-0.2, 0) is 23.0 Å². The lowest BCUT2D eigenvalue weighted by molar-refractivity contribution is 0.0727. The minimum absolute atomic E-state index is 0.0884. The van der Waals surface area contributed by atoms with Gasteiger partial charge in [-0.25, -0.2) is 13.1 Å². The highest BCUT2D eigenvalue weighted by Gasteiger charge is 2.35. The SMILES string of the molecule is C=CCNS(=O)(=O)c1ccc(C(=O)N2CCCC2c2nnc3n2CCCCC3)cc1. The molecule has 9 heteroatoms. The quantitative estimate of drug-likeness (QED) is 0.712. The van der Waals surface area contributed by atoms with Gasteiger partial charge in [0.15, 0.2) is 5.82 Å². The van der Waals surface area contributed by atoms with Crippen LogP contribution in [0.2, 0.25) is 0 Å². The second-order valence-corrected chi connectivity index (χ2v) is 9.53. The molecule has 3 heterocycles. The largest absolute Gasteiger partial charge is 0.328 e. The number of nitrogens with zero attached hydrogens (tertiary/aromatic N) is 4. The molecule has 4 rings (SSSR count). The maximum atomic E-state index is 13.2. The minimum Gasteiger partial charge on any atom is -0.328 e. The number of hydrogen-bond donors (Lipinski definition) is 1. The van der Waals surface area contributed by atoms with Crippen LogP contribution >= 0.6 is 0 Å². The second kappa shape index (κ2) is 8.69. The minimum atomic E-state index is -3.61. The standard InChI is InChI=1S/C21H27N5O3S/c1-2-13-22-30(28,29)17-11-9-16(10-12-17)21(27)25-15-6-7-18(25)20-24-23-19-8-4-3-5-14-26(19)20/h2,9-12,18,22H,1,3-8,13-15H2. The summed E-state index contributed by atoms with van der Waals surface area (Å²) in [4.78, 5) is 15.2. The summed E-state index contributed by atoms with van der Waals surface area (Å²) in [5.41, 5.74) is 0.472. The number of rotatable bonds is 6. The third kappa shape index (κ3) is 4.04. The van der Waals surface area contributed by atoms with Crippen LogP contribution in [0, 0.1) is 0 Å². The van der Waals surface area contributed by atoms with Crippen molar-refractivity contribution in [1.82, 2.24) is 24.4 Å². The molecular formula is C21H27N5O3S. The molecular weight excluding hydrogens is 402 g/mol. The number of carbonyl (C=O) groups is 1. The summed E-state index contributed by atoms with van der Waals surface area (Å²) < 4.78 is 29.1. The fourth-order valence-corrected chi connectivity index (χ4v) is 5.23. The third-order valence-electron chi connectivity index (χ3n) is 5.78. The Morgan fingerprint density at radius 1 is 1.13 bits per heavy atom. The lowest BCUT2D eigenvalue weighted by atomic mass is 10.1. The molecule has 1 amide bonds. The molecule has 1 aromatic heterocycles. The van der Waals surface area contributed by atoms with Gasteiger partial charge >= 0.3 is 0 Å². The average Bonchev–Trinajstić information content (AvgIpc) is 3.32. The van der Waals surface area contributed by atoms with E-state index in [1.807, 2.05) is 4.90 Å². The van der Waals surface area contributed by atoms with E-state index < -0.39 is 10.0 Å². The summed E-state index contributed by atoms with van der Waals surface area (Å²) in [6.45, 7) is 5.23. The van der Waals surface area contributed by atoms with E-state index in [9.17, 15) is 13.2 Å². The number of hydrogen-bond acceptors (Lipinski definition) is 5. The van der Waals surface area contributed by atoms with Crippen LogP contribution in [0.3, 0.4) is 0 Å². The summed E-state index contributed by atoms with van der Waals surface area (Å²) in [6, 6.07) is 5.99. The van der Waals surface area contributed by atoms with Crippen molar-refractivity contribution in [2.45, 2.75) is 56.0 Å². The summed E-state index contributed by atoms with van der Waals surface area (Å²) >= 11 is 0. The molecule has 0 saturated carbocycles. The van der Waals surface area contributed by atoms with Crippen molar-refractivity contribution < 1.29 is 13.2 Å². The highest BCUT2D eigenvalue weighted by Crippen LogP contribution is 2.33. The molecule has 1 saturated heterocycles. The Bertz CT molecular complexity index is 1030. The summed E-state index contributed by atoms with van der Waals surface area (Å²) in [5.74, 6) is 1.79. The van der Waals surface area contributed by atoms with Crippen LogP contribution in [0.1, 0.15) is 60.2 Å². The van der Waals surface area contributed by atoms with Gasteiger partial charge in [-0.1, -0.05) is 12.5 Å². The van der Waals surface area contributed by atoms with Gasteiger partial charge < -0.3 is 9.47 Å². The molecule has 1 unspecified atom stereocenters. The lowest BCUT2D eigenvalue weighted by Gasteiger charge is -2.25. The first-order valence-corrected chi connectivity index (χ1v) is 11.9. The zero-order valence-electron chi connectivity index (χ0n) is 17.0. The second-order valence-electron chi connectivity index (χ2n) is 7.76. The number of aryl methyl sites for hydroxylation is 1. The van der Waals surface area contributed by atoms with E-state index >= 15 is 0 Å². The van der Waals surface area contributed by atoms with Crippen molar-refractivity contribution in [3.63, 3.8) is 0 Å². The average molecular weight is 430 g/mol. The Morgan fingerprint density at radius 3 is 2.70 bits per heavy atom. The van der Waals surface area contributed by atoms with Crippen LogP contribution in [0.5, 0.6) is 0 Å². The van der Waals surface area contributed by atoms with Crippen molar-refractivity contribution in [2.75, 3.05) is 13.1 Å². The fraction of sp³-hybridized carbons (Fsp3) is 0.476. The predicted molar refractivity (Wildman–Crippen MR) is 112 cm³/mol. The summed E-state index contributed by atoms with van der Waals surface area (Å²) in [7, 11) is -3.61. The molecule has 0 radical (unpaired) electrons. The van der Waals surface area contributed by atoms with E-state index in [0.717, 1.165) is 50.3 Å². The Hall–Kier alpha value is -2.52. The summed E-state index contributed by atoms with van der Waals surface area (Å²) in [6.07, 6.45) is 7.61. The van der Waals surface area contributed by atoms with Crippen LogP contribution in [0.15, 0.2) is 41.8 Å². The van der Waals surface area contributed by atoms with Gasteiger partial charge in [0.2, 0.25) is 10.0 Å². The Balaban J connectivity index is 1.54. The van der Waals surface area contributed by atoms with Gasteiger partial charge in [-0.2, -0.15) is 0 Å². The van der Waals surface area contributed by atoms with Crippen molar-refractivity contribution in [2.24, 2.45) is 0 Å². The van der Waals surface area contributed by atoms with E-state index in [-0.39, 0.29) is 23.4 Å². The van der Waals surface area contributed by atoms with E-state index in [4.69, 9.17) is 0 Å². The van der Waals surface area contributed by atoms with Gasteiger partial charge in [-0.05, 0) is 49.9 Å². The Morgan fingerprint density at radius 2 is 1.93 bits per heavy atom. The molecule has 2 aliphatic rings. The number of nitrogens with one attached hydrogen (secondary N) is 1. The highest BCUT2D eigenvalue weighted by molar-refractivity contribution is 7.89. The molecule has 2 aliphatic heterocycles. The van der Waals surface area contributed by atoms with Gasteiger partial charge in [-0.15, -0.1) is 16.8 Å². The molecule has 8 nitrogen and oxygen atoms in total. The van der Waals surface area contributed by atoms with E-state index in [2.05, 4.69) is 26.1 Å². The van der Waals surface area contributed by atoms with Gasteiger partial charge in [0.25, 0.3) is 5.91 Å². The van der Waals surface area contributed by atoms with E-state index in [1.165, 1.54) is 24.6 Å². The first-order valence-electron chi connectivity index (χ1n) is 10.4. The number of carbonyl (C=O) groups excluding carboxylic acids is 1. The molecule has 30 heavy (non-hydrogen) atoms. The first kappa shape index (κ1) is 20.7. The molecule has 2 aromatic rings. The third-order valence-corrected chi connectivity index (χ3v) is 7.22. The predicted octanol–water partition coefficient (Wildman–Crippen LogP) is 2.45. The van der Waals surface area contributed by atoms with E-state index in [1.54, 1.807) is 12.1 Å². The molecule has 1 atom stereocenters. The topological polar surface area (TPSA) is 97.2 Å². The van der Waals surface area contributed by atoms with Crippen molar-refractivity contribution in [3.8, 4) is 0 Å². The first-order chi connectivity index (χ1) is 14.5. The normalized spacial score (nSPS) is 19.3. The number of likely N-dealkylation sites (tertiary alicyclic amines) is 1. The number of fused-ring (bicyclic) bond motifs is 1. The molecule has 1 aromatic carbocycles. The van der Waals surface area contributed by atoms with Gasteiger partial charge in [0.05, 0.1) is 10.9 Å². The molecule has 0 bridgehead atoms. The van der Waals surface area contributed by atoms with Crippen LogP contribution in [0.25, 0.3) is 0 Å². The number of aromatic nitrogens is 3. The van der Waals surface area contributed by atoms with Gasteiger partial charge in [0, 0.05) is 31.6 Å². The van der Waals surface area contributed by atoms with Gasteiger partial charge in [0.1, 0.15) is 5.82 Å². The lowest BCUT2D eigenvalue weighted by Crippen LogP contribution is -2.32. The Labute approximate surface area is 177 Å². The molecule has 0 spiro atoms. The number of benzene rings is 1. The zero-order valence-corrected chi connectivity index (χ0v) is 17.8. The van der Waals surface area contributed by atoms with Gasteiger partial charge in [-0.3, -0.25) is 4.79 Å². The van der Waals surface area contributed by atoms with Crippen molar-refractivity contribution >= 4 is 15.9 Å². The molecule has 160 valence electrons. The van der Waals surface area contributed by atoms with E-state index in [0.29, 0.717) is 12.1 Å². The van der Waals surface area contributed by atoms with Crippen LogP contribution < -0.4 is 4.72 Å². The summed E-state index contributed by atoms with van der Waals surface area (Å²) in [5, 5.41) is 8.83. The van der Waals surface area contributed by atoms with Crippen molar-refractivity contribution in [1.29, 1.82) is 0 Å². The molecule has 1 N–H and O–H groups in total. The zero-order chi connectivity index (χ0) is 21.1. The maximum absolute atomic E-state index is 13.2. The van der Waals surface area contributed by atoms with Crippen LogP contribution in [0.4, 0.5) is 0 Å². The molecule has 1 fully saturated rings. The number of amides is 1. The van der Waals surface area contributed by atoms with Crippen molar-refractivity contribution in [3.05, 3.63) is 54.1 Å². The number of sulfonamides is 1. The molecule has 0 aliphatic carbocycles. The maximum Gasteiger partial charge on any atom is 0.254 e. The Kier molecular flexibility index (Phi) is 6.01. The monoisotopic (exact) mass is 429 g/mol. The van der Waals surface area contributed by atoms with Crippen LogP contribution in [-0.4, -0.2) is 47.1 Å². The fourth-order valence-electron chi connectivity index (χ4n) is 4.23. The highest BCUT2D eigenvalue weighted by atomic mass is 32.2.